The molecule has 2 N–H and O–H groups in total. The van der Waals surface area contributed by atoms with Crippen LogP contribution in [0, 0.1) is 0 Å². The minimum atomic E-state index is -0.782. The summed E-state index contributed by atoms with van der Waals surface area (Å²) in [6.07, 6.45) is 11.5. The quantitative estimate of drug-likeness (QED) is 0.484. The van der Waals surface area contributed by atoms with E-state index in [1.165, 1.54) is 0 Å². The second kappa shape index (κ2) is 10.9. The number of carbonyl (C=O) groups excluding carboxylic acids is 1. The number of thiophene rings is 1. The molecule has 0 aromatic carbocycles. The molecule has 0 spiro atoms. The predicted octanol–water partition coefficient (Wildman–Crippen LogP) is 3.40. The number of allylic oxidation sites excluding steroid dienone is 1. The number of carboxylic acids is 1. The van der Waals surface area contributed by atoms with E-state index in [2.05, 4.69) is 0 Å². The second-order valence-corrected chi connectivity index (χ2v) is 7.53. The van der Waals surface area contributed by atoms with E-state index < -0.39 is 12.1 Å². The zero-order valence-electron chi connectivity index (χ0n) is 14.9. The van der Waals surface area contributed by atoms with E-state index in [1.807, 2.05) is 40.6 Å². The number of aliphatic hydroxyl groups is 1. The normalized spacial score (nSPS) is 19.5. The highest BCUT2D eigenvalue weighted by molar-refractivity contribution is 7.09. The highest BCUT2D eigenvalue weighted by atomic mass is 32.1. The van der Waals surface area contributed by atoms with Crippen molar-refractivity contribution in [2.75, 3.05) is 6.54 Å². The molecule has 0 aliphatic carbocycles. The van der Waals surface area contributed by atoms with Gasteiger partial charge in [0.05, 0.1) is 12.1 Å². The minimum absolute atomic E-state index is 0.0119. The lowest BCUT2D eigenvalue weighted by atomic mass is 10.00. The molecule has 2 heterocycles. The van der Waals surface area contributed by atoms with Crippen molar-refractivity contribution in [3.05, 3.63) is 46.7 Å². The third-order valence-corrected chi connectivity index (χ3v) is 5.29. The number of rotatable bonds is 10. The third-order valence-electron chi connectivity index (χ3n) is 4.39. The van der Waals surface area contributed by atoms with Gasteiger partial charge in [0, 0.05) is 30.7 Å². The van der Waals surface area contributed by atoms with Crippen LogP contribution in [-0.4, -0.2) is 45.7 Å². The lowest BCUT2D eigenvalue weighted by molar-refractivity contribution is -0.137. The monoisotopic (exact) mass is 377 g/mol. The van der Waals surface area contributed by atoms with Crippen molar-refractivity contribution >= 4 is 23.2 Å². The fourth-order valence-corrected chi connectivity index (χ4v) is 3.78. The molecule has 1 aliphatic heterocycles. The first-order valence-corrected chi connectivity index (χ1v) is 9.99. The van der Waals surface area contributed by atoms with Crippen LogP contribution in [0.5, 0.6) is 0 Å². The highest BCUT2D eigenvalue weighted by Crippen LogP contribution is 2.20. The van der Waals surface area contributed by atoms with Crippen molar-refractivity contribution in [2.24, 2.45) is 0 Å². The molecule has 2 rings (SSSR count). The van der Waals surface area contributed by atoms with Crippen molar-refractivity contribution in [2.45, 2.75) is 57.1 Å². The lowest BCUT2D eigenvalue weighted by Gasteiger charge is -2.33. The zero-order chi connectivity index (χ0) is 18.8. The molecule has 1 aliphatic rings. The van der Waals surface area contributed by atoms with Crippen LogP contribution in [0.15, 0.2) is 41.8 Å². The molecule has 26 heavy (non-hydrogen) atoms. The fraction of sp³-hybridized carbons (Fsp3) is 0.500. The van der Waals surface area contributed by atoms with E-state index in [1.54, 1.807) is 17.4 Å². The summed E-state index contributed by atoms with van der Waals surface area (Å²) in [5, 5.41) is 20.8. The van der Waals surface area contributed by atoms with Gasteiger partial charge >= 0.3 is 5.97 Å². The van der Waals surface area contributed by atoms with Gasteiger partial charge in [-0.3, -0.25) is 9.59 Å². The summed E-state index contributed by atoms with van der Waals surface area (Å²) in [5.74, 6) is -0.648. The Morgan fingerprint density at radius 3 is 3.00 bits per heavy atom. The third kappa shape index (κ3) is 7.14. The van der Waals surface area contributed by atoms with E-state index in [-0.39, 0.29) is 18.4 Å². The Balaban J connectivity index is 1.84. The van der Waals surface area contributed by atoms with Crippen LogP contribution in [0.3, 0.4) is 0 Å². The first kappa shape index (κ1) is 20.4. The first-order chi connectivity index (χ1) is 12.6. The smallest absolute Gasteiger partial charge is 0.303 e. The molecule has 5 nitrogen and oxygen atoms in total. The Hall–Kier alpha value is -1.92. The molecule has 1 unspecified atom stereocenters. The lowest BCUT2D eigenvalue weighted by Crippen LogP contribution is -2.42. The molecule has 0 bridgehead atoms. The van der Waals surface area contributed by atoms with E-state index in [0.29, 0.717) is 32.2 Å². The number of carbonyl (C=O) groups is 2. The van der Waals surface area contributed by atoms with Crippen molar-refractivity contribution < 1.29 is 19.8 Å². The zero-order valence-corrected chi connectivity index (χ0v) is 15.7. The molecule has 6 heteroatoms. The van der Waals surface area contributed by atoms with Crippen LogP contribution in [0.4, 0.5) is 0 Å². The van der Waals surface area contributed by atoms with E-state index in [0.717, 1.165) is 17.7 Å². The standard InChI is InChI=1S/C20H27NO4S/c22-17(15-18-8-6-14-26-18)12-11-16-7-5-9-19(23)21(16)13-4-2-1-3-10-20(24)25/h2,4,6,8,11-12,14,16-17,22H,1,3,5,7,9-10,13,15H2,(H,24,25)/b4-2-,12-11+/t16-,17?/m1/s1. The second-order valence-electron chi connectivity index (χ2n) is 6.50. The van der Waals surface area contributed by atoms with Gasteiger partial charge in [-0.25, -0.2) is 0 Å². The number of hydrogen-bond acceptors (Lipinski definition) is 4. The highest BCUT2D eigenvalue weighted by Gasteiger charge is 2.25. The number of aliphatic hydroxyl groups excluding tert-OH is 1. The number of aliphatic carboxylic acids is 1. The van der Waals surface area contributed by atoms with Gasteiger partial charge in [-0.1, -0.05) is 30.4 Å². The Labute approximate surface area is 158 Å². The summed E-state index contributed by atoms with van der Waals surface area (Å²) < 4.78 is 0. The number of amides is 1. The number of nitrogens with zero attached hydrogens (tertiary/aromatic N) is 1. The molecule has 1 aromatic rings. The topological polar surface area (TPSA) is 77.8 Å². The number of piperidine rings is 1. The van der Waals surface area contributed by atoms with Gasteiger partial charge in [0.2, 0.25) is 5.91 Å². The Morgan fingerprint density at radius 2 is 2.27 bits per heavy atom. The van der Waals surface area contributed by atoms with Crippen LogP contribution < -0.4 is 0 Å². The molecule has 1 saturated heterocycles. The van der Waals surface area contributed by atoms with Gasteiger partial charge in [-0.15, -0.1) is 11.3 Å². The molecule has 0 saturated carbocycles. The van der Waals surface area contributed by atoms with Gasteiger partial charge in [0.25, 0.3) is 0 Å². The van der Waals surface area contributed by atoms with Crippen molar-refractivity contribution in [3.63, 3.8) is 0 Å². The summed E-state index contributed by atoms with van der Waals surface area (Å²) in [5.41, 5.74) is 0. The molecule has 142 valence electrons. The van der Waals surface area contributed by atoms with Crippen LogP contribution in [0.2, 0.25) is 0 Å². The van der Waals surface area contributed by atoms with Crippen molar-refractivity contribution in [3.8, 4) is 0 Å². The summed E-state index contributed by atoms with van der Waals surface area (Å²) >= 11 is 1.63. The van der Waals surface area contributed by atoms with Crippen LogP contribution >= 0.6 is 11.3 Å². The van der Waals surface area contributed by atoms with Crippen LogP contribution in [-0.2, 0) is 16.0 Å². The Morgan fingerprint density at radius 1 is 1.42 bits per heavy atom. The molecule has 1 amide bonds. The molecular weight excluding hydrogens is 350 g/mol. The van der Waals surface area contributed by atoms with E-state index in [9.17, 15) is 14.7 Å². The maximum absolute atomic E-state index is 12.2. The Bertz CT molecular complexity index is 624. The predicted molar refractivity (Wildman–Crippen MR) is 103 cm³/mol. The largest absolute Gasteiger partial charge is 0.481 e. The molecule has 1 fully saturated rings. The molecular formula is C20H27NO4S. The minimum Gasteiger partial charge on any atom is -0.481 e. The van der Waals surface area contributed by atoms with Gasteiger partial charge in [-0.05, 0) is 37.1 Å². The molecule has 1 aromatic heterocycles. The maximum Gasteiger partial charge on any atom is 0.303 e. The summed E-state index contributed by atoms with van der Waals surface area (Å²) in [6, 6.07) is 3.99. The van der Waals surface area contributed by atoms with E-state index in [4.69, 9.17) is 5.11 Å². The van der Waals surface area contributed by atoms with E-state index >= 15 is 0 Å². The van der Waals surface area contributed by atoms with Gasteiger partial charge < -0.3 is 15.1 Å². The number of hydrogen-bond donors (Lipinski definition) is 2. The van der Waals surface area contributed by atoms with Crippen molar-refractivity contribution in [1.82, 2.24) is 4.90 Å². The van der Waals surface area contributed by atoms with Gasteiger partial charge in [0.1, 0.15) is 0 Å². The number of unbranched alkanes of at least 4 members (excludes halogenated alkanes) is 1. The van der Waals surface area contributed by atoms with Gasteiger partial charge in [0.15, 0.2) is 0 Å². The average molecular weight is 378 g/mol. The summed E-state index contributed by atoms with van der Waals surface area (Å²) in [6.45, 7) is 0.530. The molecule has 0 radical (unpaired) electrons. The van der Waals surface area contributed by atoms with Crippen LogP contribution in [0.25, 0.3) is 0 Å². The fourth-order valence-electron chi connectivity index (χ4n) is 3.02. The number of carboxylic acid groups (broad SMARTS) is 1. The van der Waals surface area contributed by atoms with Crippen LogP contribution in [0.1, 0.15) is 43.4 Å². The Kier molecular flexibility index (Phi) is 8.58. The summed E-state index contributed by atoms with van der Waals surface area (Å²) in [7, 11) is 0. The number of likely N-dealkylation sites (tertiary alicyclic amines) is 1. The first-order valence-electron chi connectivity index (χ1n) is 9.11. The van der Waals surface area contributed by atoms with Crippen molar-refractivity contribution in [1.29, 1.82) is 0 Å². The molecule has 2 atom stereocenters. The maximum atomic E-state index is 12.2. The average Bonchev–Trinajstić information content (AvgIpc) is 3.10. The van der Waals surface area contributed by atoms with Gasteiger partial charge in [-0.2, -0.15) is 0 Å². The summed E-state index contributed by atoms with van der Waals surface area (Å²) in [4.78, 5) is 25.7. The SMILES string of the molecule is O=C(O)CCC/C=C\CN1C(=O)CCC[C@@H]1/C=C/C(O)Cc1cccs1.